The topological polar surface area (TPSA) is 101 Å². The van der Waals surface area contributed by atoms with Gasteiger partial charge in [-0.1, -0.05) is 6.07 Å². The molecule has 2 aliphatic rings. The Hall–Kier alpha value is -2.87. The van der Waals surface area contributed by atoms with E-state index < -0.39 is 5.91 Å². The Balaban J connectivity index is 1.59. The van der Waals surface area contributed by atoms with Gasteiger partial charge in [-0.05, 0) is 53.6 Å². The molecule has 126 valence electrons. The second kappa shape index (κ2) is 6.21. The Morgan fingerprint density at radius 1 is 1.24 bits per heavy atom. The molecule has 0 aliphatic carbocycles. The highest BCUT2D eigenvalue weighted by Gasteiger charge is 2.25. The molecule has 7 nitrogen and oxygen atoms in total. The molecule has 3 N–H and O–H groups in total. The molecule has 0 spiro atoms. The number of nitrogens with two attached hydrogens (primary N) is 1. The third-order valence-corrected chi connectivity index (χ3v) is 4.92. The van der Waals surface area contributed by atoms with Crippen molar-refractivity contribution < 1.29 is 9.59 Å². The number of aromatic nitrogens is 2. The van der Waals surface area contributed by atoms with Crippen molar-refractivity contribution in [3.05, 3.63) is 52.2 Å². The summed E-state index contributed by atoms with van der Waals surface area (Å²) < 4.78 is 0. The van der Waals surface area contributed by atoms with Gasteiger partial charge in [0.25, 0.3) is 11.1 Å². The third kappa shape index (κ3) is 3.20. The number of carbonyl (C=O) groups is 2. The van der Waals surface area contributed by atoms with E-state index in [9.17, 15) is 9.59 Å². The lowest BCUT2D eigenvalue weighted by atomic mass is 9.99. The van der Waals surface area contributed by atoms with E-state index in [0.717, 1.165) is 30.4 Å². The molecule has 25 heavy (non-hydrogen) atoms. The molecule has 1 saturated heterocycles. The number of carbonyl (C=O) groups excluding carboxylic acids is 2. The molecule has 2 aromatic rings. The molecule has 8 heteroatoms. The van der Waals surface area contributed by atoms with Crippen LogP contribution >= 0.6 is 11.8 Å². The van der Waals surface area contributed by atoms with Gasteiger partial charge in [-0.3, -0.25) is 14.9 Å². The highest BCUT2D eigenvalue weighted by atomic mass is 32.2. The number of imide groups is 1. The van der Waals surface area contributed by atoms with Crippen molar-refractivity contribution in [1.29, 1.82) is 0 Å². The summed E-state index contributed by atoms with van der Waals surface area (Å²) in [5.74, 6) is 0.203. The number of fused-ring (bicyclic) bond motifs is 1. The summed E-state index contributed by atoms with van der Waals surface area (Å²) >= 11 is 0.876. The first-order chi connectivity index (χ1) is 12.1. The number of amides is 2. The van der Waals surface area contributed by atoms with E-state index in [1.54, 1.807) is 18.3 Å². The highest BCUT2D eigenvalue weighted by molar-refractivity contribution is 8.18. The largest absolute Gasteiger partial charge is 0.399 e. The first kappa shape index (κ1) is 15.6. The summed E-state index contributed by atoms with van der Waals surface area (Å²) in [7, 11) is 0. The van der Waals surface area contributed by atoms with Crippen LogP contribution in [0.1, 0.15) is 16.8 Å². The molecule has 1 aromatic heterocycles. The Labute approximate surface area is 148 Å². The van der Waals surface area contributed by atoms with Gasteiger partial charge in [0.2, 0.25) is 5.95 Å². The average Bonchev–Trinajstić information content (AvgIpc) is 2.91. The monoisotopic (exact) mass is 353 g/mol. The smallest absolute Gasteiger partial charge is 0.290 e. The van der Waals surface area contributed by atoms with Gasteiger partial charge in [-0.15, -0.1) is 0 Å². The second-order valence-electron chi connectivity index (χ2n) is 5.83. The van der Waals surface area contributed by atoms with Crippen LogP contribution in [0.5, 0.6) is 0 Å². The van der Waals surface area contributed by atoms with E-state index in [2.05, 4.69) is 26.3 Å². The van der Waals surface area contributed by atoms with Crippen LogP contribution < -0.4 is 16.0 Å². The summed E-state index contributed by atoms with van der Waals surface area (Å²) in [6, 6.07) is 7.68. The second-order valence-corrected chi connectivity index (χ2v) is 6.85. The van der Waals surface area contributed by atoms with Crippen LogP contribution in [0.25, 0.3) is 6.08 Å². The third-order valence-electron chi connectivity index (χ3n) is 4.11. The molecule has 3 heterocycles. The first-order valence-corrected chi connectivity index (χ1v) is 8.60. The summed E-state index contributed by atoms with van der Waals surface area (Å²) in [6.45, 7) is 1.50. The van der Waals surface area contributed by atoms with Crippen molar-refractivity contribution in [3.63, 3.8) is 0 Å². The average molecular weight is 353 g/mol. The molecule has 0 unspecified atom stereocenters. The maximum Gasteiger partial charge on any atom is 0.290 e. The molecule has 0 bridgehead atoms. The van der Waals surface area contributed by atoms with Crippen molar-refractivity contribution in [3.8, 4) is 0 Å². The molecule has 0 radical (unpaired) electrons. The van der Waals surface area contributed by atoms with Crippen molar-refractivity contribution in [1.82, 2.24) is 15.3 Å². The van der Waals surface area contributed by atoms with Crippen LogP contribution in [-0.4, -0.2) is 27.7 Å². The standard InChI is InChI=1S/C17H15N5O2S/c18-12-2-1-10-4-6-22(9-11(10)7-12)16-19-5-3-13(20-16)8-14-15(23)21-17(24)25-14/h1-3,5,7-8H,4,6,9,18H2,(H,21,23,24). The molecule has 0 saturated carbocycles. The molecule has 2 amide bonds. The lowest BCUT2D eigenvalue weighted by molar-refractivity contribution is -0.115. The van der Waals surface area contributed by atoms with Gasteiger partial charge in [-0.2, -0.15) is 0 Å². The SMILES string of the molecule is Nc1ccc2c(c1)CN(c1nccc(C=C3SC(=O)NC3=O)n1)CC2. The van der Waals surface area contributed by atoms with Crippen LogP contribution in [0.3, 0.4) is 0 Å². The van der Waals surface area contributed by atoms with Crippen LogP contribution in [0, 0.1) is 0 Å². The van der Waals surface area contributed by atoms with Crippen LogP contribution in [0.4, 0.5) is 16.4 Å². The predicted octanol–water partition coefficient (Wildman–Crippen LogP) is 1.95. The Bertz CT molecular complexity index is 912. The number of nitrogen functional groups attached to an aromatic ring is 1. The van der Waals surface area contributed by atoms with Crippen molar-refractivity contribution in [2.45, 2.75) is 13.0 Å². The van der Waals surface area contributed by atoms with Crippen LogP contribution in [0.2, 0.25) is 0 Å². The maximum absolute atomic E-state index is 11.7. The zero-order chi connectivity index (χ0) is 17.4. The molecule has 1 aromatic carbocycles. The van der Waals surface area contributed by atoms with Gasteiger partial charge in [0.15, 0.2) is 0 Å². The predicted molar refractivity (Wildman–Crippen MR) is 96.7 cm³/mol. The van der Waals surface area contributed by atoms with Gasteiger partial charge >= 0.3 is 0 Å². The van der Waals surface area contributed by atoms with Crippen molar-refractivity contribution >= 4 is 40.6 Å². The number of hydrogen-bond acceptors (Lipinski definition) is 7. The van der Waals surface area contributed by atoms with Gasteiger partial charge in [0.1, 0.15) is 0 Å². The van der Waals surface area contributed by atoms with Gasteiger partial charge < -0.3 is 10.6 Å². The Kier molecular flexibility index (Phi) is 3.89. The fraction of sp³-hybridized carbons (Fsp3) is 0.176. The van der Waals surface area contributed by atoms with Crippen LogP contribution in [-0.2, 0) is 17.8 Å². The molecular weight excluding hydrogens is 338 g/mol. The van der Waals surface area contributed by atoms with Gasteiger partial charge in [0.05, 0.1) is 10.6 Å². The maximum atomic E-state index is 11.7. The zero-order valence-electron chi connectivity index (χ0n) is 13.2. The van der Waals surface area contributed by atoms with Gasteiger partial charge in [-0.25, -0.2) is 9.97 Å². The van der Waals surface area contributed by atoms with E-state index in [1.165, 1.54) is 11.1 Å². The first-order valence-electron chi connectivity index (χ1n) is 7.78. The molecular formula is C17H15N5O2S. The number of thioether (sulfide) groups is 1. The number of benzene rings is 1. The quantitative estimate of drug-likeness (QED) is 0.628. The van der Waals surface area contributed by atoms with E-state index in [-0.39, 0.29) is 5.24 Å². The minimum Gasteiger partial charge on any atom is -0.399 e. The van der Waals surface area contributed by atoms with E-state index in [4.69, 9.17) is 5.73 Å². The fourth-order valence-corrected chi connectivity index (χ4v) is 3.56. The highest BCUT2D eigenvalue weighted by Crippen LogP contribution is 2.26. The van der Waals surface area contributed by atoms with E-state index in [1.807, 2.05) is 12.1 Å². The summed E-state index contributed by atoms with van der Waals surface area (Å²) in [4.78, 5) is 34.2. The van der Waals surface area contributed by atoms with E-state index >= 15 is 0 Å². The zero-order valence-corrected chi connectivity index (χ0v) is 14.0. The van der Waals surface area contributed by atoms with Crippen molar-refractivity contribution in [2.75, 3.05) is 17.2 Å². The number of rotatable bonds is 2. The number of nitrogens with one attached hydrogen (secondary N) is 1. The van der Waals surface area contributed by atoms with Crippen molar-refractivity contribution in [2.24, 2.45) is 0 Å². The lowest BCUT2D eigenvalue weighted by Gasteiger charge is -2.29. The lowest BCUT2D eigenvalue weighted by Crippen LogP contribution is -2.31. The Morgan fingerprint density at radius 2 is 2.12 bits per heavy atom. The summed E-state index contributed by atoms with van der Waals surface area (Å²) in [6.07, 6.45) is 4.16. The molecule has 1 fully saturated rings. The summed E-state index contributed by atoms with van der Waals surface area (Å²) in [5, 5.41) is 1.87. The molecule has 0 atom stereocenters. The molecule has 2 aliphatic heterocycles. The van der Waals surface area contributed by atoms with Gasteiger partial charge in [0, 0.05) is 25.0 Å². The minimum atomic E-state index is -0.391. The normalized spacial score (nSPS) is 18.4. The fourth-order valence-electron chi connectivity index (χ4n) is 2.90. The number of anilines is 2. The van der Waals surface area contributed by atoms with Crippen LogP contribution in [0.15, 0.2) is 35.4 Å². The number of nitrogens with zero attached hydrogens (tertiary/aromatic N) is 3. The molecule has 4 rings (SSSR count). The number of hydrogen-bond donors (Lipinski definition) is 2. The summed E-state index contributed by atoms with van der Waals surface area (Å²) in [5.41, 5.74) is 9.69. The Morgan fingerprint density at radius 3 is 2.92 bits per heavy atom. The minimum absolute atomic E-state index is 0.339. The van der Waals surface area contributed by atoms with E-state index in [0.29, 0.717) is 23.1 Å².